The number of nitrogens with zero attached hydrogens (tertiary/aromatic N) is 2. The third-order valence-electron chi connectivity index (χ3n) is 5.04. The fourth-order valence-electron chi connectivity index (χ4n) is 3.73. The fourth-order valence-corrected chi connectivity index (χ4v) is 4.83. The molecular weight excluding hydrogens is 420 g/mol. The molecule has 4 aromatic heterocycles. The van der Waals surface area contributed by atoms with Crippen LogP contribution in [0.3, 0.4) is 0 Å². The van der Waals surface area contributed by atoms with Crippen molar-refractivity contribution in [3.05, 3.63) is 66.6 Å². The Bertz CT molecular complexity index is 1450. The number of aryl methyl sites for hydroxylation is 1. The van der Waals surface area contributed by atoms with Crippen molar-refractivity contribution < 1.29 is 9.53 Å². The molecule has 7 heteroatoms. The van der Waals surface area contributed by atoms with Gasteiger partial charge in [0.25, 0.3) is 0 Å². The molecule has 0 unspecified atom stereocenters. The molecule has 0 amide bonds. The summed E-state index contributed by atoms with van der Waals surface area (Å²) in [5, 5.41) is 4.70. The van der Waals surface area contributed by atoms with Crippen molar-refractivity contribution in [3.63, 3.8) is 0 Å². The standard InChI is InChI=1S/C25H24N4O2S/c1-15-12-16-13-17(7-8-18(16)27-15)28-19-9-10-26-20-14-22(32-23(19)20)21-6-5-11-29(21)24(30)31-25(2,3)4/h5-14,27H,1-4H3,(H,26,28). The van der Waals surface area contributed by atoms with E-state index in [0.717, 1.165) is 43.4 Å². The molecule has 0 bridgehead atoms. The maximum absolute atomic E-state index is 12.7. The van der Waals surface area contributed by atoms with Crippen molar-refractivity contribution in [2.75, 3.05) is 5.32 Å². The summed E-state index contributed by atoms with van der Waals surface area (Å²) in [5.74, 6) is 0. The number of carbonyl (C=O) groups is 1. The summed E-state index contributed by atoms with van der Waals surface area (Å²) in [7, 11) is 0. The Balaban J connectivity index is 1.50. The normalized spacial score (nSPS) is 11.9. The summed E-state index contributed by atoms with van der Waals surface area (Å²) in [6, 6.07) is 16.2. The molecule has 5 aromatic rings. The molecule has 0 aliphatic carbocycles. The molecule has 5 rings (SSSR count). The van der Waals surface area contributed by atoms with Crippen LogP contribution in [0.4, 0.5) is 16.2 Å². The average molecular weight is 445 g/mol. The van der Waals surface area contributed by atoms with Gasteiger partial charge >= 0.3 is 6.09 Å². The minimum absolute atomic E-state index is 0.392. The molecular formula is C25H24N4O2S. The third kappa shape index (κ3) is 3.87. The number of rotatable bonds is 3. The Hall–Kier alpha value is -3.58. The molecule has 162 valence electrons. The zero-order valence-electron chi connectivity index (χ0n) is 18.4. The lowest BCUT2D eigenvalue weighted by Crippen LogP contribution is -2.27. The second-order valence-electron chi connectivity index (χ2n) is 8.81. The van der Waals surface area contributed by atoms with Gasteiger partial charge in [-0.05, 0) is 76.2 Å². The van der Waals surface area contributed by atoms with Gasteiger partial charge in [-0.3, -0.25) is 9.55 Å². The lowest BCUT2D eigenvalue weighted by atomic mass is 10.2. The molecule has 4 heterocycles. The highest BCUT2D eigenvalue weighted by Crippen LogP contribution is 2.38. The first-order valence-electron chi connectivity index (χ1n) is 10.4. The van der Waals surface area contributed by atoms with E-state index in [-0.39, 0.29) is 0 Å². The highest BCUT2D eigenvalue weighted by Gasteiger charge is 2.21. The Labute approximate surface area is 189 Å². The number of aromatic nitrogens is 3. The summed E-state index contributed by atoms with van der Waals surface area (Å²) in [6.45, 7) is 7.64. The van der Waals surface area contributed by atoms with E-state index >= 15 is 0 Å². The summed E-state index contributed by atoms with van der Waals surface area (Å²) >= 11 is 1.60. The molecule has 0 aliphatic heterocycles. The van der Waals surface area contributed by atoms with Gasteiger partial charge in [0.2, 0.25) is 0 Å². The number of hydrogen-bond donors (Lipinski definition) is 2. The van der Waals surface area contributed by atoms with Gasteiger partial charge in [-0.1, -0.05) is 0 Å². The molecule has 0 aliphatic rings. The fraction of sp³-hybridized carbons (Fsp3) is 0.200. The molecule has 0 saturated carbocycles. The van der Waals surface area contributed by atoms with E-state index in [0.29, 0.717) is 0 Å². The van der Waals surface area contributed by atoms with Crippen molar-refractivity contribution in [3.8, 4) is 10.6 Å². The van der Waals surface area contributed by atoms with Crippen molar-refractivity contribution in [2.45, 2.75) is 33.3 Å². The van der Waals surface area contributed by atoms with Crippen molar-refractivity contribution in [1.29, 1.82) is 0 Å². The van der Waals surface area contributed by atoms with E-state index in [1.165, 1.54) is 5.39 Å². The predicted molar refractivity (Wildman–Crippen MR) is 131 cm³/mol. The summed E-state index contributed by atoms with van der Waals surface area (Å²) in [6.07, 6.45) is 3.14. The van der Waals surface area contributed by atoms with Crippen molar-refractivity contribution in [2.24, 2.45) is 0 Å². The largest absolute Gasteiger partial charge is 0.443 e. The van der Waals surface area contributed by atoms with Crippen LogP contribution >= 0.6 is 11.3 Å². The van der Waals surface area contributed by atoms with Crippen LogP contribution in [-0.4, -0.2) is 26.2 Å². The Kier molecular flexibility index (Phi) is 4.78. The summed E-state index contributed by atoms with van der Waals surface area (Å²) in [5.41, 5.74) is 5.36. The number of aromatic amines is 1. The van der Waals surface area contributed by atoms with Crippen LogP contribution in [0, 0.1) is 6.92 Å². The Morgan fingerprint density at radius 2 is 2.00 bits per heavy atom. The second-order valence-corrected chi connectivity index (χ2v) is 9.86. The predicted octanol–water partition coefficient (Wildman–Crippen LogP) is 7.08. The molecule has 0 fully saturated rings. The minimum atomic E-state index is -0.559. The summed E-state index contributed by atoms with van der Waals surface area (Å²) in [4.78, 5) is 21.5. The Morgan fingerprint density at radius 3 is 2.81 bits per heavy atom. The maximum atomic E-state index is 12.7. The Morgan fingerprint density at radius 1 is 1.16 bits per heavy atom. The van der Waals surface area contributed by atoms with Crippen molar-refractivity contribution >= 4 is 49.9 Å². The van der Waals surface area contributed by atoms with Gasteiger partial charge < -0.3 is 15.0 Å². The number of pyridine rings is 1. The third-order valence-corrected chi connectivity index (χ3v) is 6.22. The zero-order chi connectivity index (χ0) is 22.5. The number of nitrogens with one attached hydrogen (secondary N) is 2. The molecule has 0 radical (unpaired) electrons. The van der Waals surface area contributed by atoms with E-state index < -0.39 is 11.7 Å². The summed E-state index contributed by atoms with van der Waals surface area (Å²) < 4.78 is 8.14. The number of fused-ring (bicyclic) bond motifs is 2. The van der Waals surface area contributed by atoms with Gasteiger partial charge in [-0.2, -0.15) is 0 Å². The van der Waals surface area contributed by atoms with E-state index in [1.807, 2.05) is 45.0 Å². The van der Waals surface area contributed by atoms with Crippen LogP contribution in [0.25, 0.3) is 31.7 Å². The van der Waals surface area contributed by atoms with Gasteiger partial charge in [0.05, 0.1) is 26.5 Å². The molecule has 0 atom stereocenters. The molecule has 0 saturated heterocycles. The monoisotopic (exact) mass is 444 g/mol. The van der Waals surface area contributed by atoms with Gasteiger partial charge in [0.1, 0.15) is 5.60 Å². The van der Waals surface area contributed by atoms with Crippen LogP contribution in [0.2, 0.25) is 0 Å². The topological polar surface area (TPSA) is 71.9 Å². The second kappa shape index (κ2) is 7.53. The number of hydrogen-bond acceptors (Lipinski definition) is 5. The van der Waals surface area contributed by atoms with Gasteiger partial charge in [0, 0.05) is 34.7 Å². The van der Waals surface area contributed by atoms with Crippen LogP contribution in [0.1, 0.15) is 26.5 Å². The maximum Gasteiger partial charge on any atom is 0.419 e. The number of benzene rings is 1. The zero-order valence-corrected chi connectivity index (χ0v) is 19.2. The highest BCUT2D eigenvalue weighted by molar-refractivity contribution is 7.22. The lowest BCUT2D eigenvalue weighted by molar-refractivity contribution is 0.0540. The number of ether oxygens (including phenoxy) is 1. The van der Waals surface area contributed by atoms with E-state index in [4.69, 9.17) is 4.74 Å². The molecule has 6 nitrogen and oxygen atoms in total. The smallest absolute Gasteiger partial charge is 0.419 e. The van der Waals surface area contributed by atoms with Gasteiger partial charge in [-0.25, -0.2) is 4.79 Å². The lowest BCUT2D eigenvalue weighted by Gasteiger charge is -2.20. The molecule has 0 spiro atoms. The van der Waals surface area contributed by atoms with E-state index in [9.17, 15) is 4.79 Å². The van der Waals surface area contributed by atoms with Crippen molar-refractivity contribution in [1.82, 2.24) is 14.5 Å². The van der Waals surface area contributed by atoms with Gasteiger partial charge in [-0.15, -0.1) is 11.3 Å². The van der Waals surface area contributed by atoms with Gasteiger partial charge in [0.15, 0.2) is 0 Å². The molecule has 32 heavy (non-hydrogen) atoms. The van der Waals surface area contributed by atoms with E-state index in [2.05, 4.69) is 46.5 Å². The highest BCUT2D eigenvalue weighted by atomic mass is 32.1. The first-order valence-corrected chi connectivity index (χ1v) is 11.2. The quantitative estimate of drug-likeness (QED) is 0.312. The number of H-pyrrole nitrogens is 1. The van der Waals surface area contributed by atoms with Crippen LogP contribution in [-0.2, 0) is 4.74 Å². The SMILES string of the molecule is Cc1cc2cc(Nc3ccnc4cc(-c5cccn5C(=O)OC(C)(C)C)sc34)ccc2[nH]1. The first-order chi connectivity index (χ1) is 15.3. The average Bonchev–Trinajstić information content (AvgIpc) is 3.43. The molecule has 2 N–H and O–H groups in total. The van der Waals surface area contributed by atoms with E-state index in [1.54, 1.807) is 28.3 Å². The first kappa shape index (κ1) is 20.3. The minimum Gasteiger partial charge on any atom is -0.443 e. The number of anilines is 2. The van der Waals surface area contributed by atoms with Crippen LogP contribution in [0.15, 0.2) is 60.9 Å². The van der Waals surface area contributed by atoms with Crippen LogP contribution < -0.4 is 5.32 Å². The van der Waals surface area contributed by atoms with Crippen LogP contribution in [0.5, 0.6) is 0 Å². The molecule has 1 aromatic carbocycles. The number of thiophene rings is 1. The number of carbonyl (C=O) groups excluding carboxylic acids is 1.